The van der Waals surface area contributed by atoms with E-state index in [2.05, 4.69) is 22.6 Å². The monoisotopic (exact) mass is 376 g/mol. The second-order valence-corrected chi connectivity index (χ2v) is 5.70. The summed E-state index contributed by atoms with van der Waals surface area (Å²) in [5.41, 5.74) is 0.591. The first-order valence-electron chi connectivity index (χ1n) is 6.21. The third-order valence-electron chi connectivity index (χ3n) is 1.79. The summed E-state index contributed by atoms with van der Waals surface area (Å²) >= 11 is 0. The Morgan fingerprint density at radius 1 is 1.04 bits per heavy atom. The number of esters is 2. The summed E-state index contributed by atoms with van der Waals surface area (Å²) < 4.78 is 39.3. The number of carbonyl (C=O) groups is 2. The van der Waals surface area contributed by atoms with Gasteiger partial charge in [-0.15, -0.1) is 0 Å². The van der Waals surface area contributed by atoms with Crippen LogP contribution in [0.2, 0.25) is 0 Å². The van der Waals surface area contributed by atoms with Crippen LogP contribution in [0.3, 0.4) is 0 Å². The number of rotatable bonds is 8. The van der Waals surface area contributed by atoms with Crippen molar-refractivity contribution in [3.63, 3.8) is 0 Å². The van der Waals surface area contributed by atoms with Crippen molar-refractivity contribution in [3.8, 4) is 0 Å². The third kappa shape index (κ3) is 21.9. The smallest absolute Gasteiger partial charge is 0.748 e. The zero-order valence-electron chi connectivity index (χ0n) is 13.7. The molecule has 23 heavy (non-hydrogen) atoms. The Labute approximate surface area is 179 Å². The van der Waals surface area contributed by atoms with Gasteiger partial charge in [0.05, 0.1) is 23.3 Å². The van der Waals surface area contributed by atoms with Gasteiger partial charge < -0.3 is 19.1 Å². The van der Waals surface area contributed by atoms with E-state index >= 15 is 0 Å². The average molecular weight is 376 g/mol. The van der Waals surface area contributed by atoms with Gasteiger partial charge in [-0.05, 0) is 20.3 Å². The summed E-state index contributed by atoms with van der Waals surface area (Å²) in [7, 11) is -4.21. The van der Waals surface area contributed by atoms with Gasteiger partial charge in [0.15, 0.2) is 0 Å². The topological polar surface area (TPSA) is 130 Å². The molecule has 0 spiro atoms. The van der Waals surface area contributed by atoms with Crippen LogP contribution in [0.1, 0.15) is 20.3 Å². The first-order valence-corrected chi connectivity index (χ1v) is 7.78. The van der Waals surface area contributed by atoms with E-state index in [0.29, 0.717) is 5.57 Å². The first kappa shape index (κ1) is 27.8. The van der Waals surface area contributed by atoms with Crippen LogP contribution < -0.4 is 51.4 Å². The molecule has 0 fully saturated rings. The number of ether oxygens (including phenoxy) is 2. The SMILES string of the molecule is C=C(C)C(=O)OCCCS(=O)(=O)[O-].C=C(C)C(=O)OCCO.[K+]. The fraction of sp³-hybridized carbons (Fsp3) is 0.538. The molecule has 0 saturated carbocycles. The molecular weight excluding hydrogens is 355 g/mol. The predicted octanol–water partition coefficient (Wildman–Crippen LogP) is -2.86. The van der Waals surface area contributed by atoms with E-state index in [4.69, 9.17) is 5.11 Å². The molecule has 0 saturated heterocycles. The molecule has 128 valence electrons. The van der Waals surface area contributed by atoms with Gasteiger partial charge in [-0.3, -0.25) is 0 Å². The summed E-state index contributed by atoms with van der Waals surface area (Å²) in [6.07, 6.45) is 0.0187. The molecule has 0 aromatic rings. The summed E-state index contributed by atoms with van der Waals surface area (Å²) in [4.78, 5) is 21.2. The third-order valence-corrected chi connectivity index (χ3v) is 2.58. The van der Waals surface area contributed by atoms with Gasteiger partial charge in [-0.1, -0.05) is 13.2 Å². The van der Waals surface area contributed by atoms with Crippen molar-refractivity contribution in [2.75, 3.05) is 25.6 Å². The van der Waals surface area contributed by atoms with Crippen LogP contribution in [0.4, 0.5) is 0 Å². The van der Waals surface area contributed by atoms with Gasteiger partial charge in [0.25, 0.3) is 0 Å². The zero-order valence-corrected chi connectivity index (χ0v) is 17.6. The fourth-order valence-corrected chi connectivity index (χ4v) is 1.26. The van der Waals surface area contributed by atoms with E-state index in [0.717, 1.165) is 0 Å². The zero-order chi connectivity index (χ0) is 17.8. The van der Waals surface area contributed by atoms with Gasteiger partial charge in [0.1, 0.15) is 6.61 Å². The number of aliphatic hydroxyl groups excluding tert-OH is 1. The van der Waals surface area contributed by atoms with E-state index in [-0.39, 0.29) is 83.2 Å². The Balaban J connectivity index is -0.000000354. The van der Waals surface area contributed by atoms with E-state index in [9.17, 15) is 22.6 Å². The number of hydrogen-bond donors (Lipinski definition) is 1. The molecule has 0 rings (SSSR count). The molecule has 10 heteroatoms. The quantitative estimate of drug-likeness (QED) is 0.157. The molecule has 0 aliphatic carbocycles. The summed E-state index contributed by atoms with van der Waals surface area (Å²) in [5, 5.41) is 8.19. The van der Waals surface area contributed by atoms with Crippen molar-refractivity contribution in [2.24, 2.45) is 0 Å². The summed E-state index contributed by atoms with van der Waals surface area (Å²) in [6.45, 7) is 9.55. The summed E-state index contributed by atoms with van der Waals surface area (Å²) in [6, 6.07) is 0. The standard InChI is InChI=1S/C7H12O5S.C6H10O3.K/c1-6(2)7(8)12-4-3-5-13(9,10)11;1-5(2)6(8)9-4-3-7;/h1,3-5H2,2H3,(H,9,10,11);7H,1,3-4H2,2H3;/q;;+1/p-1. The molecule has 0 atom stereocenters. The molecule has 0 aliphatic rings. The molecule has 0 unspecified atom stereocenters. The van der Waals surface area contributed by atoms with Crippen LogP contribution in [0.5, 0.6) is 0 Å². The van der Waals surface area contributed by atoms with E-state index in [1.807, 2.05) is 0 Å². The Bertz CT molecular complexity index is 498. The molecule has 0 heterocycles. The molecule has 0 radical (unpaired) electrons. The van der Waals surface area contributed by atoms with Gasteiger partial charge in [0.2, 0.25) is 0 Å². The molecule has 0 amide bonds. The van der Waals surface area contributed by atoms with Crippen LogP contribution in [0, 0.1) is 0 Å². The number of carbonyl (C=O) groups excluding carboxylic acids is 2. The van der Waals surface area contributed by atoms with Crippen molar-refractivity contribution in [1.29, 1.82) is 0 Å². The van der Waals surface area contributed by atoms with Crippen LogP contribution in [-0.2, 0) is 29.2 Å². The van der Waals surface area contributed by atoms with Gasteiger partial charge >= 0.3 is 63.3 Å². The normalized spacial score (nSPS) is 9.57. The second kappa shape index (κ2) is 15.5. The van der Waals surface area contributed by atoms with Crippen LogP contribution in [0.25, 0.3) is 0 Å². The minimum absolute atomic E-state index is 0. The van der Waals surface area contributed by atoms with Crippen LogP contribution in [0.15, 0.2) is 24.3 Å². The van der Waals surface area contributed by atoms with Crippen LogP contribution >= 0.6 is 0 Å². The molecule has 0 aromatic heterocycles. The second-order valence-electron chi connectivity index (χ2n) is 4.17. The Hall–Kier alpha value is -0.0736. The van der Waals surface area contributed by atoms with Gasteiger partial charge in [-0.2, -0.15) is 0 Å². The predicted molar refractivity (Wildman–Crippen MR) is 77.8 cm³/mol. The first-order chi connectivity index (χ1) is 10.0. The largest absolute Gasteiger partial charge is 1.00 e. The van der Waals surface area contributed by atoms with Crippen molar-refractivity contribution in [3.05, 3.63) is 24.3 Å². The fourth-order valence-electron chi connectivity index (χ4n) is 0.785. The van der Waals surface area contributed by atoms with Crippen molar-refractivity contribution < 1.29 is 88.5 Å². The van der Waals surface area contributed by atoms with E-state index in [1.54, 1.807) is 6.92 Å². The molecule has 1 N–H and O–H groups in total. The Morgan fingerprint density at radius 3 is 1.74 bits per heavy atom. The summed E-state index contributed by atoms with van der Waals surface area (Å²) in [5.74, 6) is -1.55. The van der Waals surface area contributed by atoms with Crippen molar-refractivity contribution in [1.82, 2.24) is 0 Å². The minimum Gasteiger partial charge on any atom is -0.748 e. The van der Waals surface area contributed by atoms with Crippen LogP contribution in [-0.4, -0.2) is 55.6 Å². The molecular formula is C13H21KO8S. The van der Waals surface area contributed by atoms with Gasteiger partial charge in [0, 0.05) is 16.9 Å². The number of aliphatic hydroxyl groups is 1. The Kier molecular flexibility index (Phi) is 18.7. The molecule has 0 bridgehead atoms. The van der Waals surface area contributed by atoms with Gasteiger partial charge in [-0.25, -0.2) is 18.0 Å². The van der Waals surface area contributed by atoms with Crippen molar-refractivity contribution >= 4 is 22.1 Å². The van der Waals surface area contributed by atoms with E-state index < -0.39 is 27.8 Å². The number of hydrogen-bond acceptors (Lipinski definition) is 8. The molecule has 0 aromatic carbocycles. The van der Waals surface area contributed by atoms with Crippen molar-refractivity contribution in [2.45, 2.75) is 20.3 Å². The maximum Gasteiger partial charge on any atom is 1.00 e. The maximum absolute atomic E-state index is 10.7. The molecule has 0 aliphatic heterocycles. The minimum atomic E-state index is -4.21. The Morgan fingerprint density at radius 2 is 1.43 bits per heavy atom. The molecule has 8 nitrogen and oxygen atoms in total. The maximum atomic E-state index is 10.7. The average Bonchev–Trinajstić information content (AvgIpc) is 2.40. The van der Waals surface area contributed by atoms with E-state index in [1.165, 1.54) is 6.92 Å².